The molecule has 0 saturated carbocycles. The van der Waals surface area contributed by atoms with Crippen molar-refractivity contribution in [3.05, 3.63) is 35.6 Å². The van der Waals surface area contributed by atoms with Crippen molar-refractivity contribution >= 4 is 6.09 Å². The van der Waals surface area contributed by atoms with E-state index in [9.17, 15) is 23.1 Å². The smallest absolute Gasteiger partial charge is 0.408 e. The van der Waals surface area contributed by atoms with Gasteiger partial charge in [0.15, 0.2) is 0 Å². The van der Waals surface area contributed by atoms with Crippen molar-refractivity contribution in [2.75, 3.05) is 13.2 Å². The summed E-state index contributed by atoms with van der Waals surface area (Å²) in [6.07, 6.45) is -5.45. The Morgan fingerprint density at radius 3 is 2.60 bits per heavy atom. The van der Waals surface area contributed by atoms with E-state index in [0.717, 1.165) is 6.07 Å². The zero-order valence-corrected chi connectivity index (χ0v) is 14.3. The second kappa shape index (κ2) is 7.21. The van der Waals surface area contributed by atoms with Crippen LogP contribution in [0, 0.1) is 11.7 Å². The molecule has 1 aliphatic heterocycles. The first-order valence-corrected chi connectivity index (χ1v) is 7.87. The van der Waals surface area contributed by atoms with Crippen LogP contribution in [0.4, 0.5) is 18.0 Å². The average Bonchev–Trinajstić information content (AvgIpc) is 2.84. The summed E-state index contributed by atoms with van der Waals surface area (Å²) in [6.45, 7) is 3.78. The first-order chi connectivity index (χ1) is 11.6. The molecule has 2 N–H and O–H groups in total. The molecule has 25 heavy (non-hydrogen) atoms. The monoisotopic (exact) mass is 361 g/mol. The van der Waals surface area contributed by atoms with Gasteiger partial charge < -0.3 is 19.9 Å². The van der Waals surface area contributed by atoms with Crippen LogP contribution < -0.4 is 5.32 Å². The maximum absolute atomic E-state index is 14.4. The van der Waals surface area contributed by atoms with Gasteiger partial charge in [-0.2, -0.15) is 0 Å². The lowest BCUT2D eigenvalue weighted by Gasteiger charge is -2.36. The van der Waals surface area contributed by atoms with E-state index >= 15 is 0 Å². The van der Waals surface area contributed by atoms with Gasteiger partial charge in [0.05, 0.1) is 13.2 Å². The third kappa shape index (κ3) is 4.07. The molecule has 0 radical (unpaired) electrons. The maximum Gasteiger partial charge on any atom is 0.408 e. The minimum absolute atomic E-state index is 0.0388. The molecule has 1 fully saturated rings. The number of alkyl carbamates (subject to hydrolysis) is 1. The maximum atomic E-state index is 14.4. The van der Waals surface area contributed by atoms with Crippen molar-refractivity contribution in [3.8, 4) is 0 Å². The summed E-state index contributed by atoms with van der Waals surface area (Å²) < 4.78 is 51.2. The molecule has 1 aromatic carbocycles. The number of benzene rings is 1. The quantitative estimate of drug-likeness (QED) is 0.865. The van der Waals surface area contributed by atoms with Crippen molar-refractivity contribution in [2.24, 2.45) is 5.92 Å². The summed E-state index contributed by atoms with van der Waals surface area (Å²) >= 11 is 0. The molecule has 5 nitrogen and oxygen atoms in total. The van der Waals surface area contributed by atoms with Crippen molar-refractivity contribution in [3.63, 3.8) is 0 Å². The first-order valence-electron chi connectivity index (χ1n) is 7.87. The lowest BCUT2D eigenvalue weighted by atomic mass is 9.78. The summed E-state index contributed by atoms with van der Waals surface area (Å²) in [7, 11) is 0. The molecule has 140 valence electrons. The number of alkyl halides is 2. The van der Waals surface area contributed by atoms with Crippen LogP contribution in [0.3, 0.4) is 0 Å². The molecule has 1 aliphatic rings. The first kappa shape index (κ1) is 19.5. The highest BCUT2D eigenvalue weighted by molar-refractivity contribution is 5.69. The number of amides is 1. The Bertz CT molecular complexity index is 620. The Morgan fingerprint density at radius 1 is 1.44 bits per heavy atom. The molecule has 0 aromatic heterocycles. The van der Waals surface area contributed by atoms with Gasteiger partial charge in [0.2, 0.25) is 0 Å². The number of halogens is 3. The summed E-state index contributed by atoms with van der Waals surface area (Å²) in [5.74, 6) is -1.94. The number of nitrogens with one attached hydrogen (secondary N) is 1. The predicted octanol–water partition coefficient (Wildman–Crippen LogP) is 2.82. The van der Waals surface area contributed by atoms with Gasteiger partial charge in [-0.25, -0.2) is 18.0 Å². The number of ether oxygens (including phenoxy) is 2. The summed E-state index contributed by atoms with van der Waals surface area (Å²) in [6, 6.07) is 5.47. The van der Waals surface area contributed by atoms with E-state index in [4.69, 9.17) is 9.47 Å². The van der Waals surface area contributed by atoms with Crippen LogP contribution >= 0.6 is 0 Å². The van der Waals surface area contributed by atoms with Crippen LogP contribution in [-0.4, -0.2) is 42.5 Å². The zero-order valence-electron chi connectivity index (χ0n) is 14.3. The zero-order chi connectivity index (χ0) is 18.8. The van der Waals surface area contributed by atoms with Crippen LogP contribution in [0.15, 0.2) is 24.3 Å². The lowest BCUT2D eigenvalue weighted by Crippen LogP contribution is -2.55. The van der Waals surface area contributed by atoms with E-state index in [2.05, 4.69) is 5.32 Å². The molecule has 1 aromatic rings. The second-order valence-electron chi connectivity index (χ2n) is 6.98. The van der Waals surface area contributed by atoms with E-state index in [1.165, 1.54) is 18.2 Å². The van der Waals surface area contributed by atoms with E-state index in [0.29, 0.717) is 0 Å². The number of aliphatic hydroxyl groups excluding tert-OH is 1. The molecule has 2 rings (SSSR count). The third-order valence-corrected chi connectivity index (χ3v) is 4.06. The molecule has 0 spiro atoms. The largest absolute Gasteiger partial charge is 0.444 e. The van der Waals surface area contributed by atoms with Gasteiger partial charge in [-0.3, -0.25) is 0 Å². The minimum Gasteiger partial charge on any atom is -0.444 e. The fourth-order valence-electron chi connectivity index (χ4n) is 3.02. The van der Waals surface area contributed by atoms with Gasteiger partial charge >= 0.3 is 6.09 Å². The molecule has 0 bridgehead atoms. The minimum atomic E-state index is -2.90. The highest BCUT2D eigenvalue weighted by Gasteiger charge is 2.55. The normalized spacial score (nSPS) is 26.7. The van der Waals surface area contributed by atoms with Gasteiger partial charge in [-0.1, -0.05) is 18.2 Å². The summed E-state index contributed by atoms with van der Waals surface area (Å²) in [5.41, 5.74) is -2.54. The standard InChI is InChI=1S/C17H22F3NO4/c1-16(2,3)25-15(23)21-17(10-6-4-5-7-12(10)18)9-24-13(14(19)20)11(17)8-22/h4-7,11,13-14,22H,8-9H2,1-3H3,(H,21,23)/t11?,13-,17+/m0/s1. The van der Waals surface area contributed by atoms with Crippen molar-refractivity contribution < 1.29 is 32.5 Å². The third-order valence-electron chi connectivity index (χ3n) is 4.06. The van der Waals surface area contributed by atoms with Crippen LogP contribution in [0.1, 0.15) is 26.3 Å². The summed E-state index contributed by atoms with van der Waals surface area (Å²) in [5, 5.41) is 12.2. The fraction of sp³-hybridized carbons (Fsp3) is 0.588. The van der Waals surface area contributed by atoms with Crippen LogP contribution in [0.5, 0.6) is 0 Å². The number of carbonyl (C=O) groups is 1. The Hall–Kier alpha value is -1.80. The van der Waals surface area contributed by atoms with Gasteiger partial charge in [-0.05, 0) is 26.8 Å². The Labute approximate surface area is 144 Å². The molecule has 3 atom stereocenters. The molecule has 8 heteroatoms. The predicted molar refractivity (Wildman–Crippen MR) is 83.8 cm³/mol. The van der Waals surface area contributed by atoms with E-state index in [-0.39, 0.29) is 5.56 Å². The highest BCUT2D eigenvalue weighted by atomic mass is 19.3. The number of aliphatic hydroxyl groups is 1. The molecule has 1 saturated heterocycles. The molecule has 1 heterocycles. The molecular weight excluding hydrogens is 339 g/mol. The van der Waals surface area contributed by atoms with Crippen LogP contribution in [0.2, 0.25) is 0 Å². The second-order valence-corrected chi connectivity index (χ2v) is 6.98. The van der Waals surface area contributed by atoms with Crippen molar-refractivity contribution in [1.29, 1.82) is 0 Å². The number of hydrogen-bond acceptors (Lipinski definition) is 4. The average molecular weight is 361 g/mol. The van der Waals surface area contributed by atoms with E-state index in [1.807, 2.05) is 0 Å². The Kier molecular flexibility index (Phi) is 5.63. The van der Waals surface area contributed by atoms with Gasteiger partial charge in [0.1, 0.15) is 23.1 Å². The van der Waals surface area contributed by atoms with Crippen LogP contribution in [0.25, 0.3) is 0 Å². The van der Waals surface area contributed by atoms with Crippen molar-refractivity contribution in [2.45, 2.75) is 44.4 Å². The topological polar surface area (TPSA) is 67.8 Å². The molecule has 1 unspecified atom stereocenters. The lowest BCUT2D eigenvalue weighted by molar-refractivity contribution is -0.0479. The van der Waals surface area contributed by atoms with Crippen LogP contribution in [-0.2, 0) is 15.0 Å². The van der Waals surface area contributed by atoms with E-state index < -0.39 is 54.7 Å². The number of rotatable bonds is 4. The molecule has 0 aliphatic carbocycles. The Balaban J connectivity index is 2.46. The van der Waals surface area contributed by atoms with Gasteiger partial charge in [0, 0.05) is 11.5 Å². The molecule has 1 amide bonds. The number of hydrogen-bond donors (Lipinski definition) is 2. The van der Waals surface area contributed by atoms with Gasteiger partial charge in [-0.15, -0.1) is 0 Å². The summed E-state index contributed by atoms with van der Waals surface area (Å²) in [4.78, 5) is 12.3. The molecular formula is C17H22F3NO4. The van der Waals surface area contributed by atoms with Gasteiger partial charge in [0.25, 0.3) is 6.43 Å². The Morgan fingerprint density at radius 2 is 2.08 bits per heavy atom. The fourth-order valence-corrected chi connectivity index (χ4v) is 3.02. The van der Waals surface area contributed by atoms with Crippen molar-refractivity contribution in [1.82, 2.24) is 5.32 Å². The van der Waals surface area contributed by atoms with E-state index in [1.54, 1.807) is 20.8 Å². The highest BCUT2D eigenvalue weighted by Crippen LogP contribution is 2.42. The number of carbonyl (C=O) groups excluding carboxylic acids is 1. The SMILES string of the molecule is CC(C)(C)OC(=O)N[C@@]1(c2ccccc2F)CO[C@H](C(F)F)C1CO.